The van der Waals surface area contributed by atoms with Crippen molar-refractivity contribution in [3.63, 3.8) is 0 Å². The van der Waals surface area contributed by atoms with E-state index in [-0.39, 0.29) is 29.4 Å². The van der Waals surface area contributed by atoms with E-state index in [9.17, 15) is 14.0 Å². The third-order valence-corrected chi connectivity index (χ3v) is 3.96. The zero-order valence-corrected chi connectivity index (χ0v) is 14.2. The molecule has 0 aliphatic rings. The zero-order chi connectivity index (χ0) is 17.7. The van der Waals surface area contributed by atoms with E-state index in [2.05, 4.69) is 5.32 Å². The van der Waals surface area contributed by atoms with E-state index in [4.69, 9.17) is 11.6 Å². The number of hydrogen-bond donors (Lipinski definition) is 1. The maximum atomic E-state index is 13.1. The summed E-state index contributed by atoms with van der Waals surface area (Å²) in [5.74, 6) is -1.15. The maximum Gasteiger partial charge on any atom is 0.244 e. The molecule has 0 spiro atoms. The van der Waals surface area contributed by atoms with E-state index in [1.807, 2.05) is 37.3 Å². The third kappa shape index (κ3) is 4.55. The first-order valence-electron chi connectivity index (χ1n) is 7.45. The summed E-state index contributed by atoms with van der Waals surface area (Å²) >= 11 is 5.69. The minimum Gasteiger partial charge on any atom is -0.327 e. The van der Waals surface area contributed by atoms with Gasteiger partial charge in [0.05, 0.1) is 11.1 Å². The van der Waals surface area contributed by atoms with Crippen molar-refractivity contribution in [2.45, 2.75) is 19.9 Å². The molecular formula is C18H18ClFN2O2. The molecular weight excluding hydrogens is 331 g/mol. The van der Waals surface area contributed by atoms with Crippen LogP contribution in [-0.4, -0.2) is 23.3 Å². The first kappa shape index (κ1) is 17.9. The number of carbonyl (C=O) groups is 2. The molecule has 1 N–H and O–H groups in total. The fourth-order valence-electron chi connectivity index (χ4n) is 2.36. The summed E-state index contributed by atoms with van der Waals surface area (Å²) in [6.07, 6.45) is 0. The van der Waals surface area contributed by atoms with Crippen LogP contribution < -0.4 is 5.32 Å². The summed E-state index contributed by atoms with van der Waals surface area (Å²) in [7, 11) is 0. The van der Waals surface area contributed by atoms with Crippen LogP contribution in [0.4, 0.5) is 10.1 Å². The van der Waals surface area contributed by atoms with E-state index in [1.54, 1.807) is 0 Å². The van der Waals surface area contributed by atoms with Crippen LogP contribution in [-0.2, 0) is 9.59 Å². The molecule has 0 aliphatic heterocycles. The molecule has 4 nitrogen and oxygen atoms in total. The summed E-state index contributed by atoms with van der Waals surface area (Å²) in [4.78, 5) is 25.6. The Kier molecular flexibility index (Phi) is 5.93. The number of hydrogen-bond acceptors (Lipinski definition) is 2. The van der Waals surface area contributed by atoms with Gasteiger partial charge in [0.25, 0.3) is 0 Å². The lowest BCUT2D eigenvalue weighted by Gasteiger charge is -2.28. The second-order valence-electron chi connectivity index (χ2n) is 5.41. The maximum absolute atomic E-state index is 13.1. The average Bonchev–Trinajstić information content (AvgIpc) is 2.56. The lowest BCUT2D eigenvalue weighted by molar-refractivity contribution is -0.134. The number of halogens is 2. The van der Waals surface area contributed by atoms with E-state index in [1.165, 1.54) is 30.0 Å². The van der Waals surface area contributed by atoms with Crippen molar-refractivity contribution >= 4 is 29.1 Å². The van der Waals surface area contributed by atoms with Crippen molar-refractivity contribution in [1.82, 2.24) is 4.90 Å². The number of anilines is 1. The molecule has 2 rings (SSSR count). The molecule has 2 aromatic rings. The van der Waals surface area contributed by atoms with Gasteiger partial charge in [-0.1, -0.05) is 41.9 Å². The molecule has 0 saturated carbocycles. The number of benzene rings is 2. The Morgan fingerprint density at radius 2 is 1.88 bits per heavy atom. The average molecular weight is 349 g/mol. The van der Waals surface area contributed by atoms with Crippen molar-refractivity contribution in [3.8, 4) is 0 Å². The summed E-state index contributed by atoms with van der Waals surface area (Å²) in [6, 6.07) is 13.1. The molecule has 0 bridgehead atoms. The molecule has 0 aliphatic carbocycles. The largest absolute Gasteiger partial charge is 0.327 e. The number of amides is 2. The third-order valence-electron chi connectivity index (χ3n) is 3.67. The fraction of sp³-hybridized carbons (Fsp3) is 0.222. The van der Waals surface area contributed by atoms with Crippen LogP contribution in [0.25, 0.3) is 0 Å². The molecule has 126 valence electrons. The molecule has 0 saturated heterocycles. The van der Waals surface area contributed by atoms with Gasteiger partial charge in [-0.05, 0) is 30.7 Å². The van der Waals surface area contributed by atoms with Crippen LogP contribution >= 0.6 is 11.6 Å². The van der Waals surface area contributed by atoms with Gasteiger partial charge in [0.15, 0.2) is 0 Å². The van der Waals surface area contributed by atoms with E-state index in [0.717, 1.165) is 5.56 Å². The highest BCUT2D eigenvalue weighted by Gasteiger charge is 2.21. The highest BCUT2D eigenvalue weighted by Crippen LogP contribution is 2.21. The standard InChI is InChI=1S/C18H18ClFN2O2/c1-12(14-6-4-3-5-7-14)22(13(2)23)11-18(24)21-15-8-9-17(20)16(19)10-15/h3-10,12H,11H2,1-2H3,(H,21,24). The predicted octanol–water partition coefficient (Wildman–Crippen LogP) is 4.03. The monoisotopic (exact) mass is 348 g/mol. The summed E-state index contributed by atoms with van der Waals surface area (Å²) in [6.45, 7) is 3.17. The Balaban J connectivity index is 2.08. The molecule has 24 heavy (non-hydrogen) atoms. The molecule has 1 atom stereocenters. The van der Waals surface area contributed by atoms with Gasteiger partial charge in [0.2, 0.25) is 11.8 Å². The number of carbonyl (C=O) groups excluding carboxylic acids is 2. The van der Waals surface area contributed by atoms with Gasteiger partial charge in [-0.15, -0.1) is 0 Å². The van der Waals surface area contributed by atoms with E-state index in [0.29, 0.717) is 5.69 Å². The van der Waals surface area contributed by atoms with Gasteiger partial charge in [-0.2, -0.15) is 0 Å². The van der Waals surface area contributed by atoms with Crippen LogP contribution in [0.3, 0.4) is 0 Å². The van der Waals surface area contributed by atoms with Crippen LogP contribution in [0.15, 0.2) is 48.5 Å². The molecule has 6 heteroatoms. The molecule has 1 unspecified atom stereocenters. The van der Waals surface area contributed by atoms with Crippen LogP contribution in [0.2, 0.25) is 5.02 Å². The zero-order valence-electron chi connectivity index (χ0n) is 13.4. The second-order valence-corrected chi connectivity index (χ2v) is 5.82. The molecule has 0 aromatic heterocycles. The highest BCUT2D eigenvalue weighted by atomic mass is 35.5. The van der Waals surface area contributed by atoms with Crippen LogP contribution in [0, 0.1) is 5.82 Å². The van der Waals surface area contributed by atoms with E-state index < -0.39 is 5.82 Å². The molecule has 2 amide bonds. The Labute approximate surface area is 145 Å². The van der Waals surface area contributed by atoms with Gasteiger partial charge in [-0.25, -0.2) is 4.39 Å². The van der Waals surface area contributed by atoms with Crippen LogP contribution in [0.5, 0.6) is 0 Å². The van der Waals surface area contributed by atoms with Crippen LogP contribution in [0.1, 0.15) is 25.5 Å². The first-order chi connectivity index (χ1) is 11.4. The van der Waals surface area contributed by atoms with Gasteiger partial charge in [0.1, 0.15) is 12.4 Å². The van der Waals surface area contributed by atoms with Gasteiger partial charge >= 0.3 is 0 Å². The summed E-state index contributed by atoms with van der Waals surface area (Å²) < 4.78 is 13.1. The highest BCUT2D eigenvalue weighted by molar-refractivity contribution is 6.31. The van der Waals surface area contributed by atoms with E-state index >= 15 is 0 Å². The van der Waals surface area contributed by atoms with Crippen molar-refractivity contribution in [1.29, 1.82) is 0 Å². The molecule has 0 radical (unpaired) electrons. The number of nitrogens with zero attached hydrogens (tertiary/aromatic N) is 1. The number of nitrogens with one attached hydrogen (secondary N) is 1. The van der Waals surface area contributed by atoms with Crippen molar-refractivity contribution in [2.75, 3.05) is 11.9 Å². The fourth-order valence-corrected chi connectivity index (χ4v) is 2.54. The Morgan fingerprint density at radius 1 is 1.21 bits per heavy atom. The normalized spacial score (nSPS) is 11.7. The smallest absolute Gasteiger partial charge is 0.244 e. The Hall–Kier alpha value is -2.40. The van der Waals surface area contributed by atoms with Gasteiger partial charge in [0, 0.05) is 12.6 Å². The summed E-state index contributed by atoms with van der Waals surface area (Å²) in [5, 5.41) is 2.54. The number of rotatable bonds is 5. The predicted molar refractivity (Wildman–Crippen MR) is 92.3 cm³/mol. The minimum absolute atomic E-state index is 0.0751. The van der Waals surface area contributed by atoms with Gasteiger partial charge in [-0.3, -0.25) is 9.59 Å². The SMILES string of the molecule is CC(=O)N(CC(=O)Nc1ccc(F)c(Cl)c1)C(C)c1ccccc1. The Bertz CT molecular complexity index is 737. The quantitative estimate of drug-likeness (QED) is 0.887. The minimum atomic E-state index is -0.558. The van der Waals surface area contributed by atoms with Crippen molar-refractivity contribution in [3.05, 3.63) is 64.9 Å². The van der Waals surface area contributed by atoms with Crippen molar-refractivity contribution in [2.24, 2.45) is 0 Å². The lowest BCUT2D eigenvalue weighted by Crippen LogP contribution is -2.38. The molecule has 2 aromatic carbocycles. The first-order valence-corrected chi connectivity index (χ1v) is 7.83. The molecule has 0 fully saturated rings. The Morgan fingerprint density at radius 3 is 2.46 bits per heavy atom. The topological polar surface area (TPSA) is 49.4 Å². The van der Waals surface area contributed by atoms with Crippen molar-refractivity contribution < 1.29 is 14.0 Å². The summed E-state index contributed by atoms with van der Waals surface area (Å²) in [5.41, 5.74) is 1.31. The second kappa shape index (κ2) is 7.93. The molecule has 0 heterocycles. The lowest BCUT2D eigenvalue weighted by atomic mass is 10.1. The van der Waals surface area contributed by atoms with Gasteiger partial charge < -0.3 is 10.2 Å².